The number of halogens is 1. The fraction of sp³-hybridized carbons (Fsp3) is 0.357. The van der Waals surface area contributed by atoms with Crippen LogP contribution < -0.4 is 0 Å². The Labute approximate surface area is 105 Å². The van der Waals surface area contributed by atoms with E-state index >= 15 is 0 Å². The predicted molar refractivity (Wildman–Crippen MR) is 70.1 cm³/mol. The van der Waals surface area contributed by atoms with E-state index in [0.29, 0.717) is 5.78 Å². The number of rotatable bonds is 1. The molecule has 1 nitrogen and oxygen atoms in total. The first-order valence-electron chi connectivity index (χ1n) is 5.67. The van der Waals surface area contributed by atoms with Crippen LogP contribution in [0.4, 0.5) is 0 Å². The number of ketones is 1. The molecule has 0 N–H and O–H groups in total. The summed E-state index contributed by atoms with van der Waals surface area (Å²) >= 11 is 3.44. The maximum absolute atomic E-state index is 11.9. The van der Waals surface area contributed by atoms with Crippen molar-refractivity contribution in [3.63, 3.8) is 0 Å². The maximum atomic E-state index is 11.9. The number of Topliss-reactive ketones (excluding diaryl/α,β-unsaturated/α-hetero) is 1. The topological polar surface area (TPSA) is 17.1 Å². The molecule has 1 fully saturated rings. The van der Waals surface area contributed by atoms with Crippen molar-refractivity contribution in [3.8, 4) is 0 Å². The number of hydrogen-bond donors (Lipinski definition) is 0. The van der Waals surface area contributed by atoms with Crippen LogP contribution >= 0.6 is 15.9 Å². The summed E-state index contributed by atoms with van der Waals surface area (Å²) in [6.07, 6.45) is 5.12. The zero-order chi connectivity index (χ0) is 11.5. The van der Waals surface area contributed by atoms with Gasteiger partial charge in [0.25, 0.3) is 0 Å². The molecule has 0 radical (unpaired) electrons. The van der Waals surface area contributed by atoms with Gasteiger partial charge in [-0.3, -0.25) is 4.79 Å². The van der Waals surface area contributed by atoms with Crippen molar-refractivity contribution in [2.75, 3.05) is 0 Å². The number of carbonyl (C=O) groups excluding carboxylic acids is 1. The van der Waals surface area contributed by atoms with Crippen LogP contribution in [-0.4, -0.2) is 5.78 Å². The normalized spacial score (nSPS) is 23.8. The molecular formula is C14H15BrO. The van der Waals surface area contributed by atoms with Crippen molar-refractivity contribution in [2.24, 2.45) is 5.92 Å². The van der Waals surface area contributed by atoms with E-state index in [2.05, 4.69) is 15.9 Å². The van der Waals surface area contributed by atoms with Crippen molar-refractivity contribution < 1.29 is 4.79 Å². The van der Waals surface area contributed by atoms with Gasteiger partial charge in [-0.15, -0.1) is 0 Å². The van der Waals surface area contributed by atoms with Gasteiger partial charge in [0, 0.05) is 10.4 Å². The van der Waals surface area contributed by atoms with E-state index in [1.165, 1.54) is 0 Å². The van der Waals surface area contributed by atoms with E-state index in [9.17, 15) is 4.79 Å². The van der Waals surface area contributed by atoms with E-state index in [4.69, 9.17) is 0 Å². The molecule has 0 heterocycles. The smallest absolute Gasteiger partial charge is 0.161 e. The molecule has 0 amide bonds. The number of allylic oxidation sites excluding steroid dienone is 1. The van der Waals surface area contributed by atoms with Gasteiger partial charge in [-0.05, 0) is 48.6 Å². The van der Waals surface area contributed by atoms with Crippen molar-refractivity contribution in [2.45, 2.75) is 26.2 Å². The molecule has 0 spiro atoms. The molecule has 1 saturated carbocycles. The Morgan fingerprint density at radius 2 is 2.25 bits per heavy atom. The summed E-state index contributed by atoms with van der Waals surface area (Å²) in [7, 11) is 0. The lowest BCUT2D eigenvalue weighted by Gasteiger charge is -2.19. The van der Waals surface area contributed by atoms with Crippen molar-refractivity contribution in [1.82, 2.24) is 0 Å². The number of carbonyl (C=O) groups is 1. The Hall–Kier alpha value is -0.890. The summed E-state index contributed by atoms with van der Waals surface area (Å²) < 4.78 is 1.05. The molecule has 1 unspecified atom stereocenters. The number of benzene rings is 1. The lowest BCUT2D eigenvalue weighted by Crippen LogP contribution is -2.18. The van der Waals surface area contributed by atoms with Crippen LogP contribution in [0.25, 0.3) is 6.08 Å². The molecule has 1 aromatic carbocycles. The average molecular weight is 279 g/mol. The SMILES string of the molecule is CC1CCC/C(=C/c2cccc(Br)c2)C1=O. The maximum Gasteiger partial charge on any atom is 0.161 e. The van der Waals surface area contributed by atoms with Crippen LogP contribution in [0.2, 0.25) is 0 Å². The first-order chi connectivity index (χ1) is 7.66. The second kappa shape index (κ2) is 4.96. The summed E-state index contributed by atoms with van der Waals surface area (Å²) in [5.74, 6) is 0.526. The number of hydrogen-bond acceptors (Lipinski definition) is 1. The molecule has 1 aromatic rings. The van der Waals surface area contributed by atoms with Crippen LogP contribution in [0.5, 0.6) is 0 Å². The predicted octanol–water partition coefficient (Wildman–Crippen LogP) is 4.22. The van der Waals surface area contributed by atoms with Crippen molar-refractivity contribution in [1.29, 1.82) is 0 Å². The molecular weight excluding hydrogens is 264 g/mol. The quantitative estimate of drug-likeness (QED) is 0.703. The van der Waals surface area contributed by atoms with E-state index in [1.807, 2.05) is 37.3 Å². The van der Waals surface area contributed by atoms with Gasteiger partial charge in [0.1, 0.15) is 0 Å². The highest BCUT2D eigenvalue weighted by molar-refractivity contribution is 9.10. The summed E-state index contributed by atoms with van der Waals surface area (Å²) in [6, 6.07) is 8.06. The second-order valence-corrected chi connectivity index (χ2v) is 5.30. The van der Waals surface area contributed by atoms with E-state index in [0.717, 1.165) is 34.9 Å². The standard InChI is InChI=1S/C14H15BrO/c1-10-4-2-6-12(14(10)16)8-11-5-3-7-13(15)9-11/h3,5,7-10H,2,4,6H2,1H3/b12-8-. The summed E-state index contributed by atoms with van der Waals surface area (Å²) in [4.78, 5) is 11.9. The molecule has 16 heavy (non-hydrogen) atoms. The van der Waals surface area contributed by atoms with Crippen molar-refractivity contribution >= 4 is 27.8 Å². The third-order valence-corrected chi connectivity index (χ3v) is 3.53. The Kier molecular flexibility index (Phi) is 3.59. The third kappa shape index (κ3) is 2.62. The minimum atomic E-state index is 0.201. The van der Waals surface area contributed by atoms with Crippen LogP contribution in [0, 0.1) is 5.92 Å². The van der Waals surface area contributed by atoms with Crippen LogP contribution in [0.15, 0.2) is 34.3 Å². The fourth-order valence-corrected chi connectivity index (χ4v) is 2.53. The van der Waals surface area contributed by atoms with Gasteiger partial charge >= 0.3 is 0 Å². The minimum Gasteiger partial charge on any atom is -0.294 e. The Morgan fingerprint density at radius 1 is 1.44 bits per heavy atom. The van der Waals surface area contributed by atoms with E-state index in [1.54, 1.807) is 0 Å². The monoisotopic (exact) mass is 278 g/mol. The lowest BCUT2D eigenvalue weighted by atomic mass is 9.84. The van der Waals surface area contributed by atoms with Gasteiger partial charge in [0.15, 0.2) is 5.78 Å². The summed E-state index contributed by atoms with van der Waals surface area (Å²) in [6.45, 7) is 2.02. The average Bonchev–Trinajstić information content (AvgIpc) is 2.25. The van der Waals surface area contributed by atoms with Crippen molar-refractivity contribution in [3.05, 3.63) is 39.9 Å². The minimum absolute atomic E-state index is 0.201. The molecule has 0 bridgehead atoms. The highest BCUT2D eigenvalue weighted by atomic mass is 79.9. The lowest BCUT2D eigenvalue weighted by molar-refractivity contribution is -0.119. The van der Waals surface area contributed by atoms with Gasteiger partial charge in [0.05, 0.1) is 0 Å². The molecule has 0 saturated heterocycles. The molecule has 0 aromatic heterocycles. The summed E-state index contributed by atoms with van der Waals surface area (Å²) in [5.41, 5.74) is 2.09. The van der Waals surface area contributed by atoms with Crippen LogP contribution in [0.1, 0.15) is 31.7 Å². The third-order valence-electron chi connectivity index (χ3n) is 3.04. The first kappa shape index (κ1) is 11.6. The zero-order valence-electron chi connectivity index (χ0n) is 9.37. The zero-order valence-corrected chi connectivity index (χ0v) is 11.0. The van der Waals surface area contributed by atoms with Crippen LogP contribution in [0.3, 0.4) is 0 Å². The Balaban J connectivity index is 2.26. The molecule has 0 aliphatic heterocycles. The highest BCUT2D eigenvalue weighted by Crippen LogP contribution is 2.26. The van der Waals surface area contributed by atoms with E-state index < -0.39 is 0 Å². The molecule has 2 rings (SSSR count). The van der Waals surface area contributed by atoms with Gasteiger partial charge < -0.3 is 0 Å². The van der Waals surface area contributed by atoms with E-state index in [-0.39, 0.29) is 5.92 Å². The fourth-order valence-electron chi connectivity index (χ4n) is 2.11. The molecule has 1 aliphatic rings. The highest BCUT2D eigenvalue weighted by Gasteiger charge is 2.22. The molecule has 1 atom stereocenters. The van der Waals surface area contributed by atoms with Gasteiger partial charge in [-0.1, -0.05) is 35.0 Å². The first-order valence-corrected chi connectivity index (χ1v) is 6.46. The second-order valence-electron chi connectivity index (χ2n) is 4.38. The Bertz CT molecular complexity index is 434. The van der Waals surface area contributed by atoms with Crippen LogP contribution in [-0.2, 0) is 4.79 Å². The summed E-state index contributed by atoms with van der Waals surface area (Å²) in [5, 5.41) is 0. The van der Waals surface area contributed by atoms with Gasteiger partial charge in [-0.2, -0.15) is 0 Å². The Morgan fingerprint density at radius 3 is 3.00 bits per heavy atom. The largest absolute Gasteiger partial charge is 0.294 e. The van der Waals surface area contributed by atoms with Gasteiger partial charge in [0.2, 0.25) is 0 Å². The molecule has 2 heteroatoms. The molecule has 1 aliphatic carbocycles. The molecule has 84 valence electrons. The van der Waals surface area contributed by atoms with Gasteiger partial charge in [-0.25, -0.2) is 0 Å².